The van der Waals surface area contributed by atoms with Crippen molar-refractivity contribution in [2.75, 3.05) is 5.43 Å². The number of fused-ring (bicyclic) bond motifs is 1. The Morgan fingerprint density at radius 1 is 1.22 bits per heavy atom. The molecule has 0 saturated carbocycles. The third kappa shape index (κ3) is 2.73. The number of hydrogen-bond acceptors (Lipinski definition) is 4. The zero-order chi connectivity index (χ0) is 16.4. The summed E-state index contributed by atoms with van der Waals surface area (Å²) in [6.07, 6.45) is 5.18. The monoisotopic (exact) mass is 311 g/mol. The van der Waals surface area contributed by atoms with E-state index in [0.717, 1.165) is 10.9 Å². The second kappa shape index (κ2) is 6.04. The molecule has 0 fully saturated rings. The normalized spacial score (nSPS) is 12.3. The number of Topliss-reactive ketones (excluding diaryl/α,β-unsaturated/α-hetero) is 1. The Bertz CT molecular complexity index is 851. The summed E-state index contributed by atoms with van der Waals surface area (Å²) in [6.45, 7) is 3.46. The lowest BCUT2D eigenvalue weighted by molar-refractivity contribution is -0.120. The van der Waals surface area contributed by atoms with Crippen LogP contribution in [0.3, 0.4) is 0 Å². The quantitative estimate of drug-likeness (QED) is 0.732. The van der Waals surface area contributed by atoms with Gasteiger partial charge in [0.25, 0.3) is 5.91 Å². The number of nitrogens with zero attached hydrogens (tertiary/aromatic N) is 4. The van der Waals surface area contributed by atoms with Crippen molar-refractivity contribution < 1.29 is 9.59 Å². The molecule has 23 heavy (non-hydrogen) atoms. The highest BCUT2D eigenvalue weighted by atomic mass is 16.2. The summed E-state index contributed by atoms with van der Waals surface area (Å²) >= 11 is 0. The molecule has 1 atom stereocenters. The minimum absolute atomic E-state index is 0.0194. The van der Waals surface area contributed by atoms with E-state index in [1.807, 2.05) is 35.8 Å². The number of amides is 1. The Morgan fingerprint density at radius 3 is 2.57 bits per heavy atom. The molecule has 0 aliphatic heterocycles. The molecule has 1 unspecified atom stereocenters. The summed E-state index contributed by atoms with van der Waals surface area (Å²) in [6, 6.07) is 7.16. The predicted molar refractivity (Wildman–Crippen MR) is 85.7 cm³/mol. The van der Waals surface area contributed by atoms with Crippen molar-refractivity contribution in [2.45, 2.75) is 26.3 Å². The molecule has 1 aromatic carbocycles. The fourth-order valence-electron chi connectivity index (χ4n) is 2.71. The molecular formula is C16H17N5O2. The molecule has 0 bridgehead atoms. The molecule has 0 aliphatic carbocycles. The van der Waals surface area contributed by atoms with Gasteiger partial charge in [0.05, 0.1) is 0 Å². The van der Waals surface area contributed by atoms with Crippen LogP contribution in [0.15, 0.2) is 43.1 Å². The molecule has 7 nitrogen and oxygen atoms in total. The highest BCUT2D eigenvalue weighted by Crippen LogP contribution is 2.26. The third-order valence-corrected chi connectivity index (χ3v) is 3.80. The van der Waals surface area contributed by atoms with Gasteiger partial charge in [0, 0.05) is 22.7 Å². The van der Waals surface area contributed by atoms with E-state index in [1.165, 1.54) is 24.3 Å². The van der Waals surface area contributed by atoms with Crippen LogP contribution in [0.1, 0.15) is 36.7 Å². The molecule has 2 heterocycles. The first-order chi connectivity index (χ1) is 11.1. The Morgan fingerprint density at radius 2 is 1.91 bits per heavy atom. The number of carbonyl (C=O) groups is 2. The average Bonchev–Trinajstić information content (AvgIpc) is 3.16. The minimum Gasteiger partial charge on any atom is -0.334 e. The van der Waals surface area contributed by atoms with Gasteiger partial charge in [-0.05, 0) is 19.4 Å². The van der Waals surface area contributed by atoms with Gasteiger partial charge in [0.15, 0.2) is 5.78 Å². The number of para-hydroxylation sites is 1. The van der Waals surface area contributed by atoms with Crippen molar-refractivity contribution in [3.8, 4) is 0 Å². The van der Waals surface area contributed by atoms with E-state index >= 15 is 0 Å². The SMILES string of the molecule is CCC(C(=O)Nn1cnnc1)n1cc(C(C)=O)c2ccccc21. The first-order valence-corrected chi connectivity index (χ1v) is 7.37. The molecule has 2 aromatic heterocycles. The molecule has 3 rings (SSSR count). The summed E-state index contributed by atoms with van der Waals surface area (Å²) in [5, 5.41) is 8.17. The van der Waals surface area contributed by atoms with E-state index in [-0.39, 0.29) is 11.7 Å². The highest BCUT2D eigenvalue weighted by Gasteiger charge is 2.22. The number of benzene rings is 1. The van der Waals surface area contributed by atoms with Crippen LogP contribution in [0.2, 0.25) is 0 Å². The summed E-state index contributed by atoms with van der Waals surface area (Å²) in [5.74, 6) is -0.211. The van der Waals surface area contributed by atoms with Crippen LogP contribution in [0.4, 0.5) is 0 Å². The summed E-state index contributed by atoms with van der Waals surface area (Å²) in [7, 11) is 0. The van der Waals surface area contributed by atoms with E-state index < -0.39 is 6.04 Å². The van der Waals surface area contributed by atoms with Gasteiger partial charge >= 0.3 is 0 Å². The summed E-state index contributed by atoms with van der Waals surface area (Å²) in [4.78, 5) is 24.4. The smallest absolute Gasteiger partial charge is 0.261 e. The topological polar surface area (TPSA) is 81.8 Å². The molecule has 3 aromatic rings. The summed E-state index contributed by atoms with van der Waals surface area (Å²) < 4.78 is 3.26. The molecule has 1 N–H and O–H groups in total. The Labute approximate surface area is 132 Å². The molecule has 0 spiro atoms. The van der Waals surface area contributed by atoms with Crippen molar-refractivity contribution in [1.29, 1.82) is 0 Å². The number of hydrogen-bond donors (Lipinski definition) is 1. The fourth-order valence-corrected chi connectivity index (χ4v) is 2.71. The Hall–Kier alpha value is -2.96. The zero-order valence-electron chi connectivity index (χ0n) is 12.9. The van der Waals surface area contributed by atoms with E-state index in [1.54, 1.807) is 6.20 Å². The van der Waals surface area contributed by atoms with Gasteiger partial charge in [-0.1, -0.05) is 25.1 Å². The maximum atomic E-state index is 12.6. The predicted octanol–water partition coefficient (Wildman–Crippen LogP) is 2.16. The van der Waals surface area contributed by atoms with Gasteiger partial charge in [-0.2, -0.15) is 0 Å². The molecule has 1 amide bonds. The first kappa shape index (κ1) is 15.0. The molecule has 0 saturated heterocycles. The van der Waals surface area contributed by atoms with Gasteiger partial charge in [0.1, 0.15) is 18.7 Å². The minimum atomic E-state index is -0.435. The lowest BCUT2D eigenvalue weighted by atomic mass is 10.1. The standard InChI is InChI=1S/C16H17N5O2/c1-3-14(16(23)19-20-9-17-18-10-20)21-8-13(11(2)22)12-6-4-5-7-15(12)21/h4-10,14H,3H2,1-2H3,(H,19,23). The van der Waals surface area contributed by atoms with E-state index in [4.69, 9.17) is 0 Å². The van der Waals surface area contributed by atoms with Crippen molar-refractivity contribution in [3.63, 3.8) is 0 Å². The van der Waals surface area contributed by atoms with E-state index in [2.05, 4.69) is 15.6 Å². The van der Waals surface area contributed by atoms with Gasteiger partial charge in [-0.25, -0.2) is 4.68 Å². The van der Waals surface area contributed by atoms with Crippen molar-refractivity contribution >= 4 is 22.6 Å². The average molecular weight is 311 g/mol. The van der Waals surface area contributed by atoms with Crippen molar-refractivity contribution in [3.05, 3.63) is 48.7 Å². The number of nitrogens with one attached hydrogen (secondary N) is 1. The maximum absolute atomic E-state index is 12.6. The lowest BCUT2D eigenvalue weighted by Gasteiger charge is -2.18. The van der Waals surface area contributed by atoms with Crippen molar-refractivity contribution in [1.82, 2.24) is 19.4 Å². The van der Waals surface area contributed by atoms with Crippen LogP contribution in [-0.2, 0) is 4.79 Å². The number of rotatable bonds is 5. The number of aromatic nitrogens is 4. The lowest BCUT2D eigenvalue weighted by Crippen LogP contribution is -2.30. The van der Waals surface area contributed by atoms with Gasteiger partial charge < -0.3 is 4.57 Å². The fraction of sp³-hybridized carbons (Fsp3) is 0.250. The van der Waals surface area contributed by atoms with Gasteiger partial charge in [-0.15, -0.1) is 10.2 Å². The summed E-state index contributed by atoms with van der Waals surface area (Å²) in [5.41, 5.74) is 4.21. The van der Waals surface area contributed by atoms with E-state index in [0.29, 0.717) is 12.0 Å². The van der Waals surface area contributed by atoms with Gasteiger partial charge in [0.2, 0.25) is 0 Å². The molecule has 7 heteroatoms. The van der Waals surface area contributed by atoms with Crippen LogP contribution in [0.5, 0.6) is 0 Å². The van der Waals surface area contributed by atoms with Crippen LogP contribution >= 0.6 is 0 Å². The second-order valence-electron chi connectivity index (χ2n) is 5.29. The highest BCUT2D eigenvalue weighted by molar-refractivity contribution is 6.07. The number of carbonyl (C=O) groups excluding carboxylic acids is 2. The molecular weight excluding hydrogens is 294 g/mol. The third-order valence-electron chi connectivity index (χ3n) is 3.80. The molecule has 118 valence electrons. The largest absolute Gasteiger partial charge is 0.334 e. The van der Waals surface area contributed by atoms with Crippen LogP contribution < -0.4 is 5.43 Å². The zero-order valence-corrected chi connectivity index (χ0v) is 12.9. The van der Waals surface area contributed by atoms with Crippen LogP contribution in [0.25, 0.3) is 10.9 Å². The Balaban J connectivity index is 2.02. The Kier molecular flexibility index (Phi) is 3.92. The van der Waals surface area contributed by atoms with Crippen molar-refractivity contribution in [2.24, 2.45) is 0 Å². The maximum Gasteiger partial charge on any atom is 0.261 e. The van der Waals surface area contributed by atoms with E-state index in [9.17, 15) is 9.59 Å². The number of ketones is 1. The first-order valence-electron chi connectivity index (χ1n) is 7.37. The van der Waals surface area contributed by atoms with Gasteiger partial charge in [-0.3, -0.25) is 15.0 Å². The van der Waals surface area contributed by atoms with Crippen LogP contribution in [-0.4, -0.2) is 31.1 Å². The second-order valence-corrected chi connectivity index (χ2v) is 5.29. The molecule has 0 aliphatic rings. The molecule has 0 radical (unpaired) electrons. The van der Waals surface area contributed by atoms with Crippen LogP contribution in [0, 0.1) is 0 Å².